The molecule has 3 atom stereocenters. The number of hydrogen-bond donors (Lipinski definition) is 3. The molecule has 3 N–H and O–H groups in total. The predicted molar refractivity (Wildman–Crippen MR) is 511 cm³/mol. The van der Waals surface area contributed by atoms with E-state index in [1.807, 2.05) is 12.3 Å². The van der Waals surface area contributed by atoms with Crippen LogP contribution in [0, 0.1) is 57.0 Å². The van der Waals surface area contributed by atoms with Crippen LogP contribution < -0.4 is 39.6 Å². The zero-order chi connectivity index (χ0) is 104. The number of rotatable bonds is 22. The molecule has 6 aliphatic rings. The van der Waals surface area contributed by atoms with E-state index in [1.165, 1.54) is 68.6 Å². The van der Waals surface area contributed by atoms with E-state index in [4.69, 9.17) is 47.3 Å². The van der Waals surface area contributed by atoms with Crippen LogP contribution >= 0.6 is 0 Å². The van der Waals surface area contributed by atoms with E-state index in [0.717, 1.165) is 37.5 Å². The van der Waals surface area contributed by atoms with E-state index < -0.39 is 136 Å². The van der Waals surface area contributed by atoms with Crippen LogP contribution in [0.3, 0.4) is 0 Å². The first-order valence-electron chi connectivity index (χ1n) is 45.2. The summed E-state index contributed by atoms with van der Waals surface area (Å²) in [7, 11) is 9.21. The second-order valence-corrected chi connectivity index (χ2v) is 38.9. The maximum atomic E-state index is 16.2. The molecule has 3 saturated heterocycles. The average molecular weight is 1970 g/mol. The largest absolute Gasteiger partial charge is 0.497 e. The smallest absolute Gasteiger partial charge is 0.328 e. The number of furan rings is 1. The maximum absolute atomic E-state index is 16.2. The van der Waals surface area contributed by atoms with Gasteiger partial charge in [0.15, 0.2) is 42.1 Å². The Bertz CT molecular complexity index is 7210. The first-order chi connectivity index (χ1) is 68.1. The van der Waals surface area contributed by atoms with Gasteiger partial charge in [0.1, 0.15) is 46.8 Å². The summed E-state index contributed by atoms with van der Waals surface area (Å²) in [5.74, 6) is 5.19. The molecule has 6 aromatic heterocycles. The topological polar surface area (TPSA) is 439 Å². The summed E-state index contributed by atoms with van der Waals surface area (Å²) < 4.78 is 83.2. The minimum Gasteiger partial charge on any atom is -0.497 e. The molecular formula is C104H102F2N16O22. The highest BCUT2D eigenvalue weighted by Gasteiger charge is 2.59. The molecular weight excluding hydrogens is 1860 g/mol. The number of carbonyl (C=O) groups excluding carboxylic acids is 13. The SMILES string of the molecule is COCN1C(=O)N[C@@](CN2Cc3ccc(OC)cc3C2=O)(c2cc3cnccc3o2)C1=O.COc1ccc2c(c1)C(=O)N(C[C@@]1(C#Cc3ccc(-c4nc(-c5cnn(C)c5)ccc4OC(=O)C(C)(C)C)cc3)NC(=O)N(COC(=O)C(C)(C)C)C1=O)C2.COc1ccc2c(c1F)C(=O)N(C[C@@]1(C#Cc3ccc(-c4nc(-c5cnn(C)c5)ccc4OC(=O)C(C)(C)C)c(F)c3)NC(=O)N(COC(=O)C(C)(C)C)C1=O)C2. The summed E-state index contributed by atoms with van der Waals surface area (Å²) in [6.45, 7) is 17.9. The first-order valence-corrected chi connectivity index (χ1v) is 45.2. The van der Waals surface area contributed by atoms with Crippen molar-refractivity contribution in [3.05, 3.63) is 226 Å². The molecule has 0 spiro atoms. The zero-order valence-corrected chi connectivity index (χ0v) is 82.0. The predicted octanol–water partition coefficient (Wildman–Crippen LogP) is 12.0. The molecule has 38 nitrogen and oxygen atoms in total. The number of benzene rings is 5. The molecule has 0 saturated carbocycles. The molecule has 0 bridgehead atoms. The maximum Gasteiger partial charge on any atom is 0.328 e. The highest BCUT2D eigenvalue weighted by atomic mass is 19.1. The van der Waals surface area contributed by atoms with E-state index in [-0.39, 0.29) is 96.7 Å². The molecule has 11 aromatic rings. The van der Waals surface area contributed by atoms with Gasteiger partial charge in [-0.1, -0.05) is 54.0 Å². The average Bonchev–Trinajstić information content (AvgIpc) is 1.60. The Labute approximate surface area is 824 Å². The fourth-order valence-corrected chi connectivity index (χ4v) is 15.9. The third-order valence-electron chi connectivity index (χ3n) is 23.9. The number of urea groups is 3. The van der Waals surface area contributed by atoms with Crippen LogP contribution in [0.1, 0.15) is 148 Å². The fourth-order valence-electron chi connectivity index (χ4n) is 15.9. The van der Waals surface area contributed by atoms with Crippen LogP contribution in [0.15, 0.2) is 169 Å². The molecule has 0 radical (unpaired) electrons. The molecule has 3 fully saturated rings. The number of aromatic nitrogens is 7. The van der Waals surface area contributed by atoms with Crippen LogP contribution in [-0.4, -0.2) is 221 Å². The van der Waals surface area contributed by atoms with Gasteiger partial charge in [-0.25, -0.2) is 47.8 Å². The van der Waals surface area contributed by atoms with Crippen molar-refractivity contribution in [2.75, 3.05) is 68.3 Å². The van der Waals surface area contributed by atoms with Gasteiger partial charge < -0.3 is 73.0 Å². The van der Waals surface area contributed by atoms with Gasteiger partial charge in [0, 0.05) is 116 Å². The number of ether oxygens (including phenoxy) is 8. The summed E-state index contributed by atoms with van der Waals surface area (Å²) in [4.78, 5) is 192. The van der Waals surface area contributed by atoms with Gasteiger partial charge >= 0.3 is 42.0 Å². The van der Waals surface area contributed by atoms with Gasteiger partial charge in [-0.05, 0) is 197 Å². The number of methoxy groups -OCH3 is 4. The molecule has 0 aliphatic carbocycles. The number of imide groups is 3. The molecule has 0 unspecified atom stereocenters. The van der Waals surface area contributed by atoms with Crippen molar-refractivity contribution < 1.29 is 113 Å². The van der Waals surface area contributed by atoms with Gasteiger partial charge in [-0.3, -0.25) is 62.3 Å². The van der Waals surface area contributed by atoms with Gasteiger partial charge in [0.2, 0.25) is 11.1 Å². The lowest BCUT2D eigenvalue weighted by molar-refractivity contribution is -0.159. The van der Waals surface area contributed by atoms with E-state index in [2.05, 4.69) is 59.8 Å². The monoisotopic (exact) mass is 1960 g/mol. The molecule has 12 heterocycles. The fraction of sp³-hybridized carbons (Fsp3) is 0.327. The quantitative estimate of drug-likeness (QED) is 0.0322. The molecule has 744 valence electrons. The Morgan fingerprint density at radius 2 is 0.910 bits per heavy atom. The van der Waals surface area contributed by atoms with Crippen molar-refractivity contribution in [3.63, 3.8) is 0 Å². The number of hydrogen-bond acceptors (Lipinski definition) is 27. The summed E-state index contributed by atoms with van der Waals surface area (Å²) in [6.07, 6.45) is 9.99. The summed E-state index contributed by atoms with van der Waals surface area (Å²) in [6, 6.07) is 31.6. The van der Waals surface area contributed by atoms with E-state index in [1.54, 1.807) is 222 Å². The number of nitrogens with one attached hydrogen (secondary N) is 3. The number of esters is 4. The number of fused-ring (bicyclic) bond motifs is 4. The van der Waals surface area contributed by atoms with Gasteiger partial charge in [-0.2, -0.15) is 10.2 Å². The lowest BCUT2D eigenvalue weighted by atomic mass is 9.95. The van der Waals surface area contributed by atoms with Crippen molar-refractivity contribution in [1.29, 1.82) is 0 Å². The Morgan fingerprint density at radius 3 is 1.39 bits per heavy atom. The molecule has 5 aromatic carbocycles. The van der Waals surface area contributed by atoms with Crippen molar-refractivity contribution >= 4 is 88.4 Å². The number of aryl methyl sites for hydroxylation is 2. The Kier molecular flexibility index (Phi) is 27.9. The minimum atomic E-state index is -2.13. The van der Waals surface area contributed by atoms with Crippen LogP contribution in [0.4, 0.5) is 23.2 Å². The lowest BCUT2D eigenvalue weighted by Crippen LogP contribution is -2.54. The van der Waals surface area contributed by atoms with Crippen LogP contribution in [-0.2, 0) is 87.0 Å². The van der Waals surface area contributed by atoms with Gasteiger partial charge in [0.25, 0.3) is 35.4 Å². The normalized spacial score (nSPS) is 17.4. The zero-order valence-electron chi connectivity index (χ0n) is 82.0. The third kappa shape index (κ3) is 20.6. The number of pyridine rings is 3. The highest BCUT2D eigenvalue weighted by molar-refractivity contribution is 6.12. The molecule has 12 amide bonds. The Balaban J connectivity index is 0.000000169. The van der Waals surface area contributed by atoms with Crippen LogP contribution in [0.5, 0.6) is 28.7 Å². The summed E-state index contributed by atoms with van der Waals surface area (Å²) in [5.41, 5.74) is -2.03. The third-order valence-corrected chi connectivity index (χ3v) is 23.9. The van der Waals surface area contributed by atoms with Crippen LogP contribution in [0.2, 0.25) is 0 Å². The summed E-state index contributed by atoms with van der Waals surface area (Å²) in [5, 5.41) is 17.0. The minimum absolute atomic E-state index is 0.0103. The summed E-state index contributed by atoms with van der Waals surface area (Å²) >= 11 is 0. The van der Waals surface area contributed by atoms with Crippen molar-refractivity contribution in [2.24, 2.45) is 35.8 Å². The Hall–Kier alpha value is -17.0. The molecule has 6 aliphatic heterocycles. The number of halogens is 2. The van der Waals surface area contributed by atoms with E-state index in [0.29, 0.717) is 77.8 Å². The highest BCUT2D eigenvalue weighted by Crippen LogP contribution is 2.42. The number of nitrogens with zero attached hydrogens (tertiary/aromatic N) is 13. The standard InChI is InChI=1S/C41H40F2N6O8.C41H42N6O8.C22H20N4O6/c1-39(2,3)36(52)56-22-49-35(51)41(46-38(49)54,21-48-20-24-10-13-29(55-8)32(43)31(24)34(48)50)16-15-23-9-11-26(27(42)17-23)33-30(57-37(53)40(4,5)6)14-12-28(45-33)25-18-44-47(7)19-25;1-39(2,3)36(50)54-24-47-35(49)41(44-38(47)52,23-46-22-27-13-14-29(53-8)19-30(27)34(46)48)18-17-25-9-11-26(12-10-25)33-32(55-37(51)40(4,5)6)16-15-31(43-33)28-20-42-45(7)21-28;1-30-12-26-20(28)22(24-21(26)29,18-7-14-9-23-6-5-17(14)32-18)11-25-10-13-3-4-15(31-2)8-16(13)19(25)27/h9-14,17-19H,20-22H2,1-8H3,(H,46,54);9-16,19-21H,22-24H2,1-8H3,(H,44,52);3-9H,10-12H2,1-2H3,(H,24,29)/t2*41-;22-/m110/s1. The molecule has 144 heavy (non-hydrogen) atoms. The second-order valence-electron chi connectivity index (χ2n) is 38.9. The van der Waals surface area contributed by atoms with Crippen molar-refractivity contribution in [3.8, 4) is 97.5 Å². The second kappa shape index (κ2) is 39.6. The molecule has 17 rings (SSSR count). The lowest BCUT2D eigenvalue weighted by Gasteiger charge is -2.29. The number of carbonyl (C=O) groups is 13. The van der Waals surface area contributed by atoms with Crippen molar-refractivity contribution in [1.82, 2.24) is 79.9 Å². The number of amides is 12. The van der Waals surface area contributed by atoms with Gasteiger partial charge in [0.05, 0.1) is 92.0 Å². The molecule has 40 heteroatoms. The van der Waals surface area contributed by atoms with E-state index >= 15 is 8.78 Å². The van der Waals surface area contributed by atoms with Gasteiger partial charge in [-0.15, -0.1) is 0 Å². The first kappa shape index (κ1) is 101. The van der Waals surface area contributed by atoms with Crippen molar-refractivity contribution in [2.45, 2.75) is 119 Å². The van der Waals surface area contributed by atoms with E-state index in [9.17, 15) is 62.3 Å². The van der Waals surface area contributed by atoms with Crippen LogP contribution in [0.25, 0.3) is 56.0 Å². The Morgan fingerprint density at radius 1 is 0.451 bits per heavy atom.